The lowest BCUT2D eigenvalue weighted by Gasteiger charge is -2.13. The average molecular weight is 240 g/mol. The Hall–Kier alpha value is -2.05. The molecule has 0 aliphatic carbocycles. The Morgan fingerprint density at radius 2 is 2.29 bits per heavy atom. The minimum absolute atomic E-state index is 0.437. The lowest BCUT2D eigenvalue weighted by Crippen LogP contribution is -2.41. The van der Waals surface area contributed by atoms with E-state index in [0.717, 1.165) is 6.42 Å². The van der Waals surface area contributed by atoms with Gasteiger partial charge in [-0.2, -0.15) is 5.10 Å². The summed E-state index contributed by atoms with van der Waals surface area (Å²) < 4.78 is 1.48. The molecule has 0 saturated heterocycles. The summed E-state index contributed by atoms with van der Waals surface area (Å²) in [5.41, 5.74) is 0.437. The van der Waals surface area contributed by atoms with Crippen LogP contribution in [0.5, 0.6) is 0 Å². The molecule has 0 saturated carbocycles. The van der Waals surface area contributed by atoms with Crippen LogP contribution in [0.2, 0.25) is 0 Å². The number of urea groups is 1. The maximum absolute atomic E-state index is 11.4. The quantitative estimate of drug-likeness (QED) is 0.687. The Kier molecular flexibility index (Phi) is 4.50. The molecule has 7 nitrogen and oxygen atoms in total. The highest BCUT2D eigenvalue weighted by Gasteiger charge is 2.23. The van der Waals surface area contributed by atoms with E-state index in [1.807, 2.05) is 6.92 Å². The highest BCUT2D eigenvalue weighted by molar-refractivity contribution is 5.83. The Morgan fingerprint density at radius 3 is 2.76 bits per heavy atom. The van der Waals surface area contributed by atoms with Gasteiger partial charge < -0.3 is 15.7 Å². The molecule has 0 spiro atoms. The van der Waals surface area contributed by atoms with E-state index in [9.17, 15) is 9.59 Å². The highest BCUT2D eigenvalue weighted by Crippen LogP contribution is 2.11. The molecule has 0 radical (unpaired) electrons. The van der Waals surface area contributed by atoms with E-state index in [2.05, 4.69) is 15.7 Å². The third-order valence-corrected chi connectivity index (χ3v) is 2.12. The molecule has 0 aromatic carbocycles. The molecule has 3 N–H and O–H groups in total. The van der Waals surface area contributed by atoms with Gasteiger partial charge >= 0.3 is 12.0 Å². The molecule has 94 valence electrons. The Labute approximate surface area is 98.8 Å². The van der Waals surface area contributed by atoms with Crippen molar-refractivity contribution in [3.8, 4) is 0 Å². The van der Waals surface area contributed by atoms with E-state index in [1.165, 1.54) is 10.9 Å². The minimum Gasteiger partial charge on any atom is -0.479 e. The third-order valence-electron chi connectivity index (χ3n) is 2.12. The van der Waals surface area contributed by atoms with Crippen molar-refractivity contribution in [2.75, 3.05) is 6.54 Å². The van der Waals surface area contributed by atoms with Crippen molar-refractivity contribution in [1.82, 2.24) is 20.4 Å². The van der Waals surface area contributed by atoms with Gasteiger partial charge in [-0.3, -0.25) is 4.68 Å². The number of carbonyl (C=O) groups excluding carboxylic acids is 1. The number of aryl methyl sites for hydroxylation is 1. The summed E-state index contributed by atoms with van der Waals surface area (Å²) in [6.07, 6.45) is 3.76. The maximum Gasteiger partial charge on any atom is 0.331 e. The smallest absolute Gasteiger partial charge is 0.331 e. The van der Waals surface area contributed by atoms with Crippen LogP contribution in [-0.2, 0) is 11.8 Å². The van der Waals surface area contributed by atoms with Gasteiger partial charge in [-0.15, -0.1) is 0 Å². The van der Waals surface area contributed by atoms with Gasteiger partial charge in [-0.05, 0) is 6.42 Å². The fourth-order valence-corrected chi connectivity index (χ4v) is 1.30. The highest BCUT2D eigenvalue weighted by atomic mass is 16.4. The number of carboxylic acid groups (broad SMARTS) is 1. The van der Waals surface area contributed by atoms with Crippen LogP contribution >= 0.6 is 0 Å². The van der Waals surface area contributed by atoms with Crippen molar-refractivity contribution in [1.29, 1.82) is 0 Å². The minimum atomic E-state index is -1.12. The summed E-state index contributed by atoms with van der Waals surface area (Å²) in [6.45, 7) is 2.42. The summed E-state index contributed by atoms with van der Waals surface area (Å²) in [5.74, 6) is -1.12. The molecule has 1 aromatic rings. The second-order valence-electron chi connectivity index (χ2n) is 3.62. The number of hydrogen-bond acceptors (Lipinski definition) is 3. The van der Waals surface area contributed by atoms with E-state index < -0.39 is 18.0 Å². The van der Waals surface area contributed by atoms with E-state index >= 15 is 0 Å². The number of nitrogens with zero attached hydrogens (tertiary/aromatic N) is 2. The van der Waals surface area contributed by atoms with Crippen molar-refractivity contribution in [3.63, 3.8) is 0 Å². The Balaban J connectivity index is 2.67. The number of aromatic nitrogens is 2. The lowest BCUT2D eigenvalue weighted by atomic mass is 10.1. The molecule has 1 unspecified atom stereocenters. The molecule has 1 aromatic heterocycles. The Morgan fingerprint density at radius 1 is 1.59 bits per heavy atom. The molecule has 0 bridgehead atoms. The molecule has 1 heterocycles. The zero-order valence-corrected chi connectivity index (χ0v) is 9.80. The molecule has 0 fully saturated rings. The van der Waals surface area contributed by atoms with E-state index in [1.54, 1.807) is 13.2 Å². The predicted molar refractivity (Wildman–Crippen MR) is 60.4 cm³/mol. The Bertz CT molecular complexity index is 402. The van der Waals surface area contributed by atoms with Crippen LogP contribution in [-0.4, -0.2) is 33.4 Å². The van der Waals surface area contributed by atoms with Gasteiger partial charge in [0.05, 0.1) is 6.20 Å². The first kappa shape index (κ1) is 13.0. The molecule has 0 aliphatic heterocycles. The molecular weight excluding hydrogens is 224 g/mol. The number of hydrogen-bond donors (Lipinski definition) is 3. The lowest BCUT2D eigenvalue weighted by molar-refractivity contribution is -0.139. The summed E-state index contributed by atoms with van der Waals surface area (Å²) in [6, 6.07) is -1.58. The number of amides is 2. The van der Waals surface area contributed by atoms with Gasteiger partial charge in [-0.1, -0.05) is 6.92 Å². The molecule has 0 aliphatic rings. The van der Waals surface area contributed by atoms with Crippen molar-refractivity contribution in [3.05, 3.63) is 18.0 Å². The average Bonchev–Trinajstić information content (AvgIpc) is 2.69. The van der Waals surface area contributed by atoms with Crippen LogP contribution in [0.1, 0.15) is 24.9 Å². The SMILES string of the molecule is CCCNC(=O)NC(C(=O)O)c1cnn(C)c1. The fourth-order valence-electron chi connectivity index (χ4n) is 1.30. The topological polar surface area (TPSA) is 96.2 Å². The maximum atomic E-state index is 11.4. The van der Waals surface area contributed by atoms with Crippen LogP contribution in [0.4, 0.5) is 4.79 Å². The number of carboxylic acids is 1. The van der Waals surface area contributed by atoms with Gasteiger partial charge in [0.25, 0.3) is 0 Å². The van der Waals surface area contributed by atoms with Crippen molar-refractivity contribution < 1.29 is 14.7 Å². The molecule has 1 atom stereocenters. The molecule has 17 heavy (non-hydrogen) atoms. The second-order valence-corrected chi connectivity index (χ2v) is 3.62. The van der Waals surface area contributed by atoms with Crippen molar-refractivity contribution in [2.45, 2.75) is 19.4 Å². The van der Waals surface area contributed by atoms with Gasteiger partial charge in [-0.25, -0.2) is 9.59 Å². The van der Waals surface area contributed by atoms with Crippen LogP contribution in [0, 0.1) is 0 Å². The van der Waals surface area contributed by atoms with Crippen molar-refractivity contribution in [2.24, 2.45) is 7.05 Å². The third kappa shape index (κ3) is 3.78. The number of aliphatic carboxylic acids is 1. The van der Waals surface area contributed by atoms with Crippen LogP contribution in [0.15, 0.2) is 12.4 Å². The monoisotopic (exact) mass is 240 g/mol. The predicted octanol–water partition coefficient (Wildman–Crippen LogP) is 0.255. The standard InChI is InChI=1S/C10H16N4O3/c1-3-4-11-10(17)13-8(9(15)16)7-5-12-14(2)6-7/h5-6,8H,3-4H2,1-2H3,(H,15,16)(H2,11,13,17). The van der Waals surface area contributed by atoms with Crippen LogP contribution in [0.3, 0.4) is 0 Å². The summed E-state index contributed by atoms with van der Waals surface area (Å²) in [4.78, 5) is 22.4. The molecule has 7 heteroatoms. The van der Waals surface area contributed by atoms with Gasteiger partial charge in [0.2, 0.25) is 0 Å². The fraction of sp³-hybridized carbons (Fsp3) is 0.500. The summed E-state index contributed by atoms with van der Waals surface area (Å²) in [5, 5.41) is 17.8. The van der Waals surface area contributed by atoms with E-state index in [4.69, 9.17) is 5.11 Å². The summed E-state index contributed by atoms with van der Waals surface area (Å²) in [7, 11) is 1.68. The van der Waals surface area contributed by atoms with Crippen LogP contribution < -0.4 is 10.6 Å². The van der Waals surface area contributed by atoms with Gasteiger partial charge in [0, 0.05) is 25.4 Å². The number of nitrogens with one attached hydrogen (secondary N) is 2. The largest absolute Gasteiger partial charge is 0.479 e. The normalized spacial score (nSPS) is 11.9. The summed E-state index contributed by atoms with van der Waals surface area (Å²) >= 11 is 0. The van der Waals surface area contributed by atoms with Gasteiger partial charge in [0.15, 0.2) is 6.04 Å². The first-order valence-electron chi connectivity index (χ1n) is 5.30. The van der Waals surface area contributed by atoms with Crippen LogP contribution in [0.25, 0.3) is 0 Å². The van der Waals surface area contributed by atoms with Gasteiger partial charge in [0.1, 0.15) is 0 Å². The molecular formula is C10H16N4O3. The zero-order chi connectivity index (χ0) is 12.8. The number of carbonyl (C=O) groups is 2. The first-order chi connectivity index (χ1) is 8.04. The molecule has 1 rings (SSSR count). The zero-order valence-electron chi connectivity index (χ0n) is 9.80. The first-order valence-corrected chi connectivity index (χ1v) is 5.30. The van der Waals surface area contributed by atoms with Crippen molar-refractivity contribution >= 4 is 12.0 Å². The second kappa shape index (κ2) is 5.88. The number of rotatable bonds is 5. The molecule has 2 amide bonds. The van der Waals surface area contributed by atoms with E-state index in [0.29, 0.717) is 12.1 Å². The van der Waals surface area contributed by atoms with E-state index in [-0.39, 0.29) is 0 Å².